The molecule has 1 saturated carbocycles. The molecule has 1 aromatic heterocycles. The van der Waals surface area contributed by atoms with Crippen molar-refractivity contribution in [2.75, 3.05) is 0 Å². The topological polar surface area (TPSA) is 12.9 Å². The Kier molecular flexibility index (Phi) is 2.75. The quantitative estimate of drug-likeness (QED) is 0.661. The van der Waals surface area contributed by atoms with E-state index in [9.17, 15) is 0 Å². The van der Waals surface area contributed by atoms with Gasteiger partial charge >= 0.3 is 0 Å². The highest BCUT2D eigenvalue weighted by Crippen LogP contribution is 2.24. The number of rotatable bonds is 2. The predicted molar refractivity (Wildman–Crippen MR) is 53.7 cm³/mol. The lowest BCUT2D eigenvalue weighted by Gasteiger charge is -1.97. The molecule has 1 aromatic rings. The van der Waals surface area contributed by atoms with Crippen LogP contribution >= 0.6 is 0 Å². The van der Waals surface area contributed by atoms with Crippen LogP contribution in [0.15, 0.2) is 30.6 Å². The van der Waals surface area contributed by atoms with Crippen LogP contribution in [-0.2, 0) is 0 Å². The average molecular weight is 168 g/mol. The van der Waals surface area contributed by atoms with Crippen molar-refractivity contribution in [3.8, 4) is 0 Å². The highest BCUT2D eigenvalue weighted by molar-refractivity contribution is 5.56. The Morgan fingerprint density at radius 2 is 1.62 bits per heavy atom. The Bertz CT molecular complexity index is 270. The molecule has 0 bridgehead atoms. The average Bonchev–Trinajstić information content (AvgIpc) is 2.69. The van der Waals surface area contributed by atoms with Gasteiger partial charge < -0.3 is 0 Å². The number of hydrogen-bond acceptors (Lipinski definition) is 1. The highest BCUT2D eigenvalue weighted by atomic mass is 14.6. The van der Waals surface area contributed by atoms with E-state index in [0.717, 1.165) is 0 Å². The zero-order valence-electron chi connectivity index (χ0n) is 7.22. The van der Waals surface area contributed by atoms with Crippen LogP contribution < -0.4 is 0 Å². The van der Waals surface area contributed by atoms with Crippen LogP contribution in [-0.4, -0.2) is 4.98 Å². The van der Waals surface area contributed by atoms with E-state index in [-0.39, 0.29) is 0 Å². The van der Waals surface area contributed by atoms with Gasteiger partial charge in [-0.3, -0.25) is 4.98 Å². The maximum Gasteiger partial charge on any atom is 0.0273 e. The molecule has 1 nitrogen and oxygen atoms in total. The van der Waals surface area contributed by atoms with Crippen molar-refractivity contribution < 1.29 is 0 Å². The third-order valence-corrected chi connectivity index (χ3v) is 1.86. The standard InChI is InChI=1S/C12H10N/c1-2-4-11(3-1)5-6-12-7-9-13-10-8-12/h1-10H/b6-5+. The Hall–Kier alpha value is -1.11. The van der Waals surface area contributed by atoms with Crippen LogP contribution in [0, 0.1) is 31.6 Å². The normalized spacial score (nSPS) is 18.5. The van der Waals surface area contributed by atoms with E-state index in [2.05, 4.69) is 30.0 Å². The molecule has 0 N–H and O–H groups in total. The lowest BCUT2D eigenvalue weighted by Crippen LogP contribution is -1.84. The van der Waals surface area contributed by atoms with Gasteiger partial charge in [0.15, 0.2) is 0 Å². The van der Waals surface area contributed by atoms with Crippen LogP contribution in [0.2, 0.25) is 0 Å². The number of nitrogens with zero attached hydrogens (tertiary/aromatic N) is 1. The van der Waals surface area contributed by atoms with Gasteiger partial charge in [-0.1, -0.05) is 12.2 Å². The molecule has 5 radical (unpaired) electrons. The molecule has 0 aliphatic heterocycles. The fourth-order valence-corrected chi connectivity index (χ4v) is 1.17. The lowest BCUT2D eigenvalue weighted by atomic mass is 10.1. The van der Waals surface area contributed by atoms with Gasteiger partial charge in [0.1, 0.15) is 0 Å². The zero-order chi connectivity index (χ0) is 8.93. The zero-order valence-corrected chi connectivity index (χ0v) is 7.22. The van der Waals surface area contributed by atoms with Crippen LogP contribution in [0.4, 0.5) is 0 Å². The van der Waals surface area contributed by atoms with Crippen LogP contribution in [0.5, 0.6) is 0 Å². The monoisotopic (exact) mass is 168 g/mol. The minimum absolute atomic E-state index is 1.18. The van der Waals surface area contributed by atoms with Crippen LogP contribution in [0.1, 0.15) is 5.56 Å². The molecule has 0 spiro atoms. The van der Waals surface area contributed by atoms with Gasteiger partial charge in [0.2, 0.25) is 0 Å². The predicted octanol–water partition coefficient (Wildman–Crippen LogP) is 2.50. The summed E-state index contributed by atoms with van der Waals surface area (Å²) < 4.78 is 0. The summed E-state index contributed by atoms with van der Waals surface area (Å²) in [4.78, 5) is 3.96. The van der Waals surface area contributed by atoms with Crippen molar-refractivity contribution in [2.24, 2.45) is 0 Å². The molecule has 0 unspecified atom stereocenters. The van der Waals surface area contributed by atoms with E-state index in [0.29, 0.717) is 0 Å². The third-order valence-electron chi connectivity index (χ3n) is 1.86. The van der Waals surface area contributed by atoms with E-state index < -0.39 is 0 Å². The van der Waals surface area contributed by atoms with Gasteiger partial charge in [-0.25, -0.2) is 0 Å². The molecule has 0 atom stereocenters. The van der Waals surface area contributed by atoms with Gasteiger partial charge in [0.25, 0.3) is 0 Å². The van der Waals surface area contributed by atoms with E-state index in [1.54, 1.807) is 12.4 Å². The molecule has 0 aromatic carbocycles. The van der Waals surface area contributed by atoms with Gasteiger partial charge in [-0.15, -0.1) is 0 Å². The van der Waals surface area contributed by atoms with Crippen LogP contribution in [0.25, 0.3) is 6.08 Å². The lowest BCUT2D eigenvalue weighted by molar-refractivity contribution is 1.32. The van der Waals surface area contributed by atoms with Gasteiger partial charge in [-0.05, 0) is 43.4 Å². The summed E-state index contributed by atoms with van der Waals surface area (Å²) in [6.45, 7) is 0. The second-order valence-corrected chi connectivity index (χ2v) is 2.83. The van der Waals surface area contributed by atoms with Gasteiger partial charge in [0, 0.05) is 18.3 Å². The third kappa shape index (κ3) is 2.41. The largest absolute Gasteiger partial charge is 0.265 e. The summed E-state index contributed by atoms with van der Waals surface area (Å²) in [5.41, 5.74) is 1.18. The maximum absolute atomic E-state index is 3.96. The molecule has 0 saturated heterocycles. The van der Waals surface area contributed by atoms with Crippen molar-refractivity contribution in [3.63, 3.8) is 0 Å². The molecule has 1 heteroatoms. The molecule has 2 rings (SSSR count). The molecule has 1 aliphatic rings. The van der Waals surface area contributed by atoms with Crippen molar-refractivity contribution in [2.45, 2.75) is 0 Å². The smallest absolute Gasteiger partial charge is 0.0273 e. The van der Waals surface area contributed by atoms with Gasteiger partial charge in [-0.2, -0.15) is 0 Å². The Morgan fingerprint density at radius 1 is 0.923 bits per heavy atom. The minimum atomic E-state index is 1.18. The van der Waals surface area contributed by atoms with E-state index >= 15 is 0 Å². The van der Waals surface area contributed by atoms with Crippen LogP contribution in [0.3, 0.4) is 0 Å². The van der Waals surface area contributed by atoms with E-state index in [1.807, 2.05) is 25.0 Å². The SMILES string of the molecule is [CH]1[CH][CH][C](/C=C/c2ccncc2)[CH]1. The summed E-state index contributed by atoms with van der Waals surface area (Å²) in [6, 6.07) is 3.97. The number of hydrogen-bond donors (Lipinski definition) is 0. The highest BCUT2D eigenvalue weighted by Gasteiger charge is 2.12. The first kappa shape index (κ1) is 8.49. The molecule has 0 amide bonds. The molecule has 13 heavy (non-hydrogen) atoms. The first-order valence-corrected chi connectivity index (χ1v) is 4.25. The first-order valence-electron chi connectivity index (χ1n) is 4.25. The summed E-state index contributed by atoms with van der Waals surface area (Å²) >= 11 is 0. The number of allylic oxidation sites excluding steroid dienone is 1. The van der Waals surface area contributed by atoms with Crippen molar-refractivity contribution in [3.05, 3.63) is 67.8 Å². The fraction of sp³-hybridized carbons (Fsp3) is 0. The number of aromatic nitrogens is 1. The van der Waals surface area contributed by atoms with Crippen molar-refractivity contribution in [1.29, 1.82) is 0 Å². The molecule has 63 valence electrons. The van der Waals surface area contributed by atoms with E-state index in [4.69, 9.17) is 0 Å². The van der Waals surface area contributed by atoms with E-state index in [1.165, 1.54) is 11.5 Å². The first-order chi connectivity index (χ1) is 6.45. The second kappa shape index (κ2) is 4.22. The molecule has 1 heterocycles. The Balaban J connectivity index is 1.97. The minimum Gasteiger partial charge on any atom is -0.265 e. The summed E-state index contributed by atoms with van der Waals surface area (Å²) in [7, 11) is 0. The molecule has 1 fully saturated rings. The molecule has 1 aliphatic carbocycles. The Morgan fingerprint density at radius 3 is 2.31 bits per heavy atom. The summed E-state index contributed by atoms with van der Waals surface area (Å²) in [5, 5.41) is 0. The summed E-state index contributed by atoms with van der Waals surface area (Å²) in [6.07, 6.45) is 16.0. The fourth-order valence-electron chi connectivity index (χ4n) is 1.17. The molecular weight excluding hydrogens is 158 g/mol. The number of pyridine rings is 1. The van der Waals surface area contributed by atoms with Gasteiger partial charge in [0.05, 0.1) is 0 Å². The Labute approximate surface area is 79.5 Å². The maximum atomic E-state index is 3.96. The van der Waals surface area contributed by atoms with Crippen molar-refractivity contribution in [1.82, 2.24) is 4.98 Å². The summed E-state index contributed by atoms with van der Waals surface area (Å²) in [5.74, 6) is 1.23. The van der Waals surface area contributed by atoms with Crippen molar-refractivity contribution >= 4 is 6.08 Å². The molecular formula is C12H10N. The second-order valence-electron chi connectivity index (χ2n) is 2.83.